The molecule has 1 atom stereocenters. The maximum Gasteiger partial charge on any atom is 0.343 e. The highest BCUT2D eigenvalue weighted by Crippen LogP contribution is 2.54. The first-order valence-corrected chi connectivity index (χ1v) is 16.8. The zero-order valence-electron chi connectivity index (χ0n) is 27.9. The van der Waals surface area contributed by atoms with E-state index >= 15 is 0 Å². The number of likely N-dealkylation sites (N-methyl/N-ethyl adjacent to an activating group) is 1. The molecule has 6 nitrogen and oxygen atoms in total. The molecule has 2 aliphatic heterocycles. The molecular weight excluding hydrogens is 584 g/mol. The first-order valence-electron chi connectivity index (χ1n) is 16.8. The van der Waals surface area contributed by atoms with Gasteiger partial charge in [0.05, 0.1) is 23.3 Å². The minimum Gasteiger partial charge on any atom is -0.494 e. The molecule has 4 aromatic rings. The van der Waals surface area contributed by atoms with Crippen molar-refractivity contribution in [3.05, 3.63) is 119 Å². The van der Waals surface area contributed by atoms with Crippen LogP contribution in [0.3, 0.4) is 0 Å². The Labute approximate surface area is 278 Å². The van der Waals surface area contributed by atoms with E-state index in [9.17, 15) is 4.79 Å². The quantitative estimate of drug-likeness (QED) is 0.0676. The second kappa shape index (κ2) is 13.9. The molecule has 2 aliphatic rings. The lowest BCUT2D eigenvalue weighted by atomic mass is 9.76. The summed E-state index contributed by atoms with van der Waals surface area (Å²) in [6.45, 7) is 7.40. The maximum atomic E-state index is 13.1. The van der Waals surface area contributed by atoms with E-state index in [0.29, 0.717) is 11.3 Å². The fourth-order valence-corrected chi connectivity index (χ4v) is 6.54. The molecule has 0 N–H and O–H groups in total. The standard InChI is InChI=1S/C41H44N2O4/c1-5-6-7-8-9-12-27-45-34-20-15-30(16-21-34)29-42-33-18-22-35(23-19-33)46-39(44)32-17-24-38-31(28-32)25-26-41(47-38)40(2,3)36-13-10-11-14-37(36)43(41)4/h10-11,13-26,28-29H,5-9,12,27H2,1-4H3/t41-/m1/s1. The van der Waals surface area contributed by atoms with Crippen molar-refractivity contribution in [3.8, 4) is 17.2 Å². The minimum atomic E-state index is -0.666. The van der Waals surface area contributed by atoms with Crippen molar-refractivity contribution in [2.45, 2.75) is 70.4 Å². The molecule has 0 saturated heterocycles. The van der Waals surface area contributed by atoms with Crippen molar-refractivity contribution in [2.24, 2.45) is 4.99 Å². The summed E-state index contributed by atoms with van der Waals surface area (Å²) in [6, 6.07) is 29.0. The molecule has 6 rings (SSSR count). The summed E-state index contributed by atoms with van der Waals surface area (Å²) in [5, 5.41) is 0. The molecule has 0 aromatic heterocycles. The van der Waals surface area contributed by atoms with Crippen LogP contribution in [-0.2, 0) is 5.41 Å². The second-order valence-electron chi connectivity index (χ2n) is 12.9. The summed E-state index contributed by atoms with van der Waals surface area (Å²) >= 11 is 0. The molecule has 2 heterocycles. The second-order valence-corrected chi connectivity index (χ2v) is 12.9. The molecule has 0 fully saturated rings. The monoisotopic (exact) mass is 628 g/mol. The van der Waals surface area contributed by atoms with Gasteiger partial charge in [0, 0.05) is 24.5 Å². The van der Waals surface area contributed by atoms with Crippen LogP contribution in [0, 0.1) is 0 Å². The summed E-state index contributed by atoms with van der Waals surface area (Å²) in [5.74, 6) is 1.64. The number of ether oxygens (including phenoxy) is 3. The van der Waals surface area contributed by atoms with Gasteiger partial charge in [-0.1, -0.05) is 57.2 Å². The Kier molecular flexibility index (Phi) is 9.48. The van der Waals surface area contributed by atoms with Gasteiger partial charge in [0.15, 0.2) is 0 Å². The molecule has 0 bridgehead atoms. The zero-order chi connectivity index (χ0) is 32.9. The van der Waals surface area contributed by atoms with Crippen LogP contribution < -0.4 is 19.1 Å². The van der Waals surface area contributed by atoms with Crippen LogP contribution in [0.2, 0.25) is 0 Å². The number of nitrogens with zero attached hydrogens (tertiary/aromatic N) is 2. The van der Waals surface area contributed by atoms with Gasteiger partial charge in [0.1, 0.15) is 17.2 Å². The van der Waals surface area contributed by atoms with Crippen molar-refractivity contribution in [1.82, 2.24) is 0 Å². The lowest BCUT2D eigenvalue weighted by molar-refractivity contribution is 0.0581. The predicted octanol–water partition coefficient (Wildman–Crippen LogP) is 9.93. The van der Waals surface area contributed by atoms with E-state index in [0.717, 1.165) is 47.0 Å². The molecule has 6 heteroatoms. The third-order valence-corrected chi connectivity index (χ3v) is 9.39. The average Bonchev–Trinajstić information content (AvgIpc) is 3.25. The number of carbonyl (C=O) groups excluding carboxylic acids is 1. The minimum absolute atomic E-state index is 0.285. The lowest BCUT2D eigenvalue weighted by Crippen LogP contribution is -2.58. The van der Waals surface area contributed by atoms with Crippen LogP contribution in [0.25, 0.3) is 6.08 Å². The molecule has 4 aromatic carbocycles. The average molecular weight is 629 g/mol. The molecular formula is C41H44N2O4. The van der Waals surface area contributed by atoms with Crippen molar-refractivity contribution < 1.29 is 19.0 Å². The number of benzene rings is 4. The van der Waals surface area contributed by atoms with E-state index < -0.39 is 11.7 Å². The Balaban J connectivity index is 1.02. The van der Waals surface area contributed by atoms with Gasteiger partial charge in [-0.25, -0.2) is 4.79 Å². The van der Waals surface area contributed by atoms with E-state index in [4.69, 9.17) is 14.2 Å². The predicted molar refractivity (Wildman–Crippen MR) is 191 cm³/mol. The smallest absolute Gasteiger partial charge is 0.343 e. The summed E-state index contributed by atoms with van der Waals surface area (Å²) in [5.41, 5.74) is 4.49. The number of unbranched alkanes of at least 4 members (excludes halogenated alkanes) is 5. The van der Waals surface area contributed by atoms with Gasteiger partial charge in [-0.2, -0.15) is 0 Å². The number of para-hydroxylation sites is 1. The number of anilines is 1. The third-order valence-electron chi connectivity index (χ3n) is 9.39. The largest absolute Gasteiger partial charge is 0.494 e. The number of carbonyl (C=O) groups is 1. The highest BCUT2D eigenvalue weighted by atomic mass is 16.5. The summed E-state index contributed by atoms with van der Waals surface area (Å²) < 4.78 is 18.3. The lowest BCUT2D eigenvalue weighted by Gasteiger charge is -2.45. The van der Waals surface area contributed by atoms with Gasteiger partial charge >= 0.3 is 5.97 Å². The summed E-state index contributed by atoms with van der Waals surface area (Å²) in [7, 11) is 2.07. The van der Waals surface area contributed by atoms with E-state index in [1.54, 1.807) is 18.2 Å². The Morgan fingerprint density at radius 2 is 1.60 bits per heavy atom. The van der Waals surface area contributed by atoms with E-state index in [-0.39, 0.29) is 5.41 Å². The zero-order valence-corrected chi connectivity index (χ0v) is 27.9. The molecule has 242 valence electrons. The van der Waals surface area contributed by atoms with Crippen LogP contribution in [0.15, 0.2) is 102 Å². The molecule has 0 saturated carbocycles. The van der Waals surface area contributed by atoms with Gasteiger partial charge in [-0.05, 0) is 116 Å². The Hall–Kier alpha value is -4.84. The van der Waals surface area contributed by atoms with Crippen LogP contribution >= 0.6 is 0 Å². The van der Waals surface area contributed by atoms with Gasteiger partial charge in [-0.15, -0.1) is 0 Å². The van der Waals surface area contributed by atoms with Crippen molar-refractivity contribution in [3.63, 3.8) is 0 Å². The van der Waals surface area contributed by atoms with Crippen molar-refractivity contribution in [1.29, 1.82) is 0 Å². The Morgan fingerprint density at radius 3 is 2.36 bits per heavy atom. The summed E-state index contributed by atoms with van der Waals surface area (Å²) in [4.78, 5) is 19.8. The molecule has 0 amide bonds. The fraction of sp³-hybridized carbons (Fsp3) is 0.317. The molecule has 0 aliphatic carbocycles. The number of hydrogen-bond acceptors (Lipinski definition) is 6. The highest BCUT2D eigenvalue weighted by molar-refractivity contribution is 5.92. The van der Waals surface area contributed by atoms with Gasteiger partial charge < -0.3 is 19.1 Å². The molecule has 47 heavy (non-hydrogen) atoms. The SMILES string of the molecule is CCCCCCCCOc1ccc(C=Nc2ccc(OC(=O)c3ccc4c(c3)C=C[C@]3(O4)N(C)c4ccccc4C3(C)C)cc2)cc1. The van der Waals surface area contributed by atoms with Crippen LogP contribution in [0.4, 0.5) is 11.4 Å². The first kappa shape index (κ1) is 32.1. The topological polar surface area (TPSA) is 60.4 Å². The molecule has 0 radical (unpaired) electrons. The van der Waals surface area contributed by atoms with Crippen molar-refractivity contribution in [2.75, 3.05) is 18.6 Å². The Bertz CT molecular complexity index is 1760. The summed E-state index contributed by atoms with van der Waals surface area (Å²) in [6.07, 6.45) is 13.5. The van der Waals surface area contributed by atoms with Gasteiger partial charge in [-0.3, -0.25) is 4.99 Å². The maximum absolute atomic E-state index is 13.1. The Morgan fingerprint density at radius 1 is 0.872 bits per heavy atom. The third kappa shape index (κ3) is 6.69. The fourth-order valence-electron chi connectivity index (χ4n) is 6.54. The number of fused-ring (bicyclic) bond motifs is 2. The van der Waals surface area contributed by atoms with Crippen LogP contribution in [0.5, 0.6) is 17.2 Å². The molecule has 1 spiro atoms. The number of aliphatic imine (C=N–C) groups is 1. The van der Waals surface area contributed by atoms with Crippen LogP contribution in [-0.4, -0.2) is 31.6 Å². The molecule has 0 unspecified atom stereocenters. The van der Waals surface area contributed by atoms with Gasteiger partial charge in [0.2, 0.25) is 5.72 Å². The van der Waals surface area contributed by atoms with E-state index in [1.165, 1.54) is 37.7 Å². The normalized spacial score (nSPS) is 17.4. The highest BCUT2D eigenvalue weighted by Gasteiger charge is 2.57. The van der Waals surface area contributed by atoms with Crippen molar-refractivity contribution >= 4 is 29.6 Å². The van der Waals surface area contributed by atoms with E-state index in [1.807, 2.05) is 60.8 Å². The van der Waals surface area contributed by atoms with Gasteiger partial charge in [0.25, 0.3) is 0 Å². The number of hydrogen-bond donors (Lipinski definition) is 0. The first-order chi connectivity index (χ1) is 22.8. The van der Waals surface area contributed by atoms with Crippen LogP contribution in [0.1, 0.15) is 86.3 Å². The number of rotatable bonds is 12. The number of esters is 1. The van der Waals surface area contributed by atoms with E-state index in [2.05, 4.69) is 68.1 Å².